The van der Waals surface area contributed by atoms with E-state index in [1.165, 1.54) is 42.7 Å². The van der Waals surface area contributed by atoms with Crippen molar-refractivity contribution >= 4 is 33.6 Å². The van der Waals surface area contributed by atoms with E-state index in [1.807, 2.05) is 6.07 Å². The topological polar surface area (TPSA) is 134 Å². The molecule has 3 aromatic rings. The van der Waals surface area contributed by atoms with Gasteiger partial charge in [-0.05, 0) is 54.1 Å². The van der Waals surface area contributed by atoms with Crippen molar-refractivity contribution in [3.63, 3.8) is 0 Å². The van der Waals surface area contributed by atoms with Gasteiger partial charge in [-0.25, -0.2) is 23.1 Å². The second-order valence-electron chi connectivity index (χ2n) is 6.10. The van der Waals surface area contributed by atoms with Crippen molar-refractivity contribution in [2.45, 2.75) is 4.90 Å². The van der Waals surface area contributed by atoms with Gasteiger partial charge in [0.05, 0.1) is 12.0 Å². The first kappa shape index (κ1) is 21.5. The van der Waals surface area contributed by atoms with E-state index < -0.39 is 15.9 Å². The molecular formula is C21H17N5O4S. The number of benzene rings is 2. The highest BCUT2D eigenvalue weighted by molar-refractivity contribution is 7.92. The summed E-state index contributed by atoms with van der Waals surface area (Å²) in [6.07, 6.45) is 4.27. The van der Waals surface area contributed by atoms with Crippen molar-refractivity contribution < 1.29 is 17.9 Å². The van der Waals surface area contributed by atoms with Gasteiger partial charge >= 0.3 is 0 Å². The molecule has 0 saturated carbocycles. The van der Waals surface area contributed by atoms with Crippen LogP contribution >= 0.6 is 0 Å². The second kappa shape index (κ2) is 9.51. The van der Waals surface area contributed by atoms with E-state index in [2.05, 4.69) is 20.0 Å². The van der Waals surface area contributed by atoms with Crippen LogP contribution in [0.3, 0.4) is 0 Å². The summed E-state index contributed by atoms with van der Waals surface area (Å²) in [5.41, 5.74) is 0.878. The van der Waals surface area contributed by atoms with Crippen molar-refractivity contribution in [2.75, 3.05) is 17.1 Å². The molecule has 156 valence electrons. The molecule has 2 N–H and O–H groups in total. The van der Waals surface area contributed by atoms with E-state index >= 15 is 0 Å². The summed E-state index contributed by atoms with van der Waals surface area (Å²) in [4.78, 5) is 20.0. The maximum atomic E-state index is 12.4. The van der Waals surface area contributed by atoms with Crippen LogP contribution in [0.5, 0.6) is 5.75 Å². The van der Waals surface area contributed by atoms with E-state index in [0.29, 0.717) is 17.0 Å². The van der Waals surface area contributed by atoms with Gasteiger partial charge in [0, 0.05) is 18.1 Å². The Morgan fingerprint density at radius 3 is 2.29 bits per heavy atom. The van der Waals surface area contributed by atoms with Crippen LogP contribution in [0.25, 0.3) is 6.08 Å². The SMILES string of the molecule is COc1ccc(/C=C(/C#N)C(=O)Nc2ccc(S(=O)(=O)Nc3ncccn3)cc2)cc1. The highest BCUT2D eigenvalue weighted by Crippen LogP contribution is 2.18. The molecule has 0 atom stereocenters. The van der Waals surface area contributed by atoms with Gasteiger partial charge in [-0.1, -0.05) is 12.1 Å². The van der Waals surface area contributed by atoms with Gasteiger partial charge < -0.3 is 10.1 Å². The van der Waals surface area contributed by atoms with Crippen molar-refractivity contribution in [2.24, 2.45) is 0 Å². The van der Waals surface area contributed by atoms with Crippen LogP contribution < -0.4 is 14.8 Å². The Kier molecular flexibility index (Phi) is 6.59. The fraction of sp³-hybridized carbons (Fsp3) is 0.0476. The van der Waals surface area contributed by atoms with E-state index in [0.717, 1.165) is 0 Å². The fourth-order valence-electron chi connectivity index (χ4n) is 2.46. The molecule has 31 heavy (non-hydrogen) atoms. The van der Waals surface area contributed by atoms with Crippen LogP contribution in [-0.2, 0) is 14.8 Å². The Morgan fingerprint density at radius 2 is 1.71 bits per heavy atom. The third-order valence-electron chi connectivity index (χ3n) is 4.01. The summed E-state index contributed by atoms with van der Waals surface area (Å²) in [5.74, 6) is -0.0181. The van der Waals surface area contributed by atoms with Crippen molar-refractivity contribution in [1.29, 1.82) is 5.26 Å². The predicted octanol–water partition coefficient (Wildman–Crippen LogP) is 2.83. The largest absolute Gasteiger partial charge is 0.497 e. The minimum absolute atomic E-state index is 0.0350. The minimum atomic E-state index is -3.89. The van der Waals surface area contributed by atoms with Crippen LogP contribution in [-0.4, -0.2) is 31.4 Å². The molecule has 10 heteroatoms. The van der Waals surface area contributed by atoms with Crippen molar-refractivity contribution in [3.05, 3.63) is 78.1 Å². The van der Waals surface area contributed by atoms with Crippen LogP contribution in [0.1, 0.15) is 5.56 Å². The Balaban J connectivity index is 1.71. The molecule has 0 aliphatic carbocycles. The lowest BCUT2D eigenvalue weighted by atomic mass is 10.1. The molecule has 1 heterocycles. The molecule has 3 rings (SSSR count). The fourth-order valence-corrected chi connectivity index (χ4v) is 3.42. The molecule has 0 radical (unpaired) electrons. The maximum Gasteiger partial charge on any atom is 0.266 e. The quantitative estimate of drug-likeness (QED) is 0.430. The normalized spacial score (nSPS) is 11.3. The van der Waals surface area contributed by atoms with E-state index in [4.69, 9.17) is 4.74 Å². The smallest absolute Gasteiger partial charge is 0.266 e. The average molecular weight is 435 g/mol. The monoisotopic (exact) mass is 435 g/mol. The standard InChI is InChI=1S/C21H17N5O4S/c1-30-18-7-3-15(4-8-18)13-16(14-22)20(27)25-17-5-9-19(10-6-17)31(28,29)26-21-23-11-2-12-24-21/h2-13H,1H3,(H,25,27)(H,23,24,26)/b16-13-. The molecule has 2 aromatic carbocycles. The van der Waals surface area contributed by atoms with Gasteiger partial charge in [-0.15, -0.1) is 0 Å². The average Bonchev–Trinajstić information content (AvgIpc) is 2.78. The van der Waals surface area contributed by atoms with Gasteiger partial charge in [0.1, 0.15) is 17.4 Å². The number of nitrogens with one attached hydrogen (secondary N) is 2. The molecule has 0 saturated heterocycles. The van der Waals surface area contributed by atoms with E-state index in [1.54, 1.807) is 37.4 Å². The number of sulfonamides is 1. The maximum absolute atomic E-state index is 12.4. The number of hydrogen-bond donors (Lipinski definition) is 2. The van der Waals surface area contributed by atoms with Crippen molar-refractivity contribution in [1.82, 2.24) is 9.97 Å². The molecule has 9 nitrogen and oxygen atoms in total. The molecule has 0 aliphatic heterocycles. The van der Waals surface area contributed by atoms with Gasteiger partial charge in [0.25, 0.3) is 15.9 Å². The van der Waals surface area contributed by atoms with Gasteiger partial charge in [-0.2, -0.15) is 5.26 Å². The first-order chi connectivity index (χ1) is 14.9. The number of carbonyl (C=O) groups is 1. The van der Waals surface area contributed by atoms with Crippen LogP contribution in [0.2, 0.25) is 0 Å². The molecule has 0 bridgehead atoms. The summed E-state index contributed by atoms with van der Waals surface area (Å²) in [7, 11) is -2.35. The Hall–Kier alpha value is -4.23. The lowest BCUT2D eigenvalue weighted by molar-refractivity contribution is -0.112. The number of hydrogen-bond acceptors (Lipinski definition) is 7. The lowest BCUT2D eigenvalue weighted by Crippen LogP contribution is -2.16. The van der Waals surface area contributed by atoms with E-state index in [9.17, 15) is 18.5 Å². The summed E-state index contributed by atoms with van der Waals surface area (Å²) in [6.45, 7) is 0. The third kappa shape index (κ3) is 5.65. The summed E-state index contributed by atoms with van der Waals surface area (Å²) in [5, 5.41) is 11.9. The number of anilines is 2. The highest BCUT2D eigenvalue weighted by atomic mass is 32.2. The molecular weight excluding hydrogens is 418 g/mol. The lowest BCUT2D eigenvalue weighted by Gasteiger charge is -2.08. The zero-order valence-corrected chi connectivity index (χ0v) is 17.1. The van der Waals surface area contributed by atoms with Gasteiger partial charge in [0.2, 0.25) is 5.95 Å². The molecule has 0 aliphatic rings. The molecule has 1 aromatic heterocycles. The minimum Gasteiger partial charge on any atom is -0.497 e. The number of rotatable bonds is 7. The Morgan fingerprint density at radius 1 is 1.06 bits per heavy atom. The Bertz CT molecular complexity index is 1230. The number of aromatic nitrogens is 2. The Labute approximate surface area is 179 Å². The number of nitrogens with zero attached hydrogens (tertiary/aromatic N) is 3. The number of amides is 1. The molecule has 0 fully saturated rings. The molecule has 0 spiro atoms. The molecule has 1 amide bonds. The zero-order valence-electron chi connectivity index (χ0n) is 16.3. The van der Waals surface area contributed by atoms with Crippen LogP contribution in [0.15, 0.2) is 77.5 Å². The second-order valence-corrected chi connectivity index (χ2v) is 7.78. The van der Waals surface area contributed by atoms with Gasteiger partial charge in [0.15, 0.2) is 0 Å². The van der Waals surface area contributed by atoms with Gasteiger partial charge in [-0.3, -0.25) is 4.79 Å². The zero-order chi connectivity index (χ0) is 22.3. The van der Waals surface area contributed by atoms with E-state index in [-0.39, 0.29) is 16.4 Å². The van der Waals surface area contributed by atoms with Crippen LogP contribution in [0.4, 0.5) is 11.6 Å². The first-order valence-electron chi connectivity index (χ1n) is 8.88. The molecule has 0 unspecified atom stereocenters. The van der Waals surface area contributed by atoms with Crippen LogP contribution in [0, 0.1) is 11.3 Å². The summed E-state index contributed by atoms with van der Waals surface area (Å²) >= 11 is 0. The third-order valence-corrected chi connectivity index (χ3v) is 5.35. The summed E-state index contributed by atoms with van der Waals surface area (Å²) < 4.78 is 32.1. The highest BCUT2D eigenvalue weighted by Gasteiger charge is 2.16. The number of carbonyl (C=O) groups excluding carboxylic acids is 1. The predicted molar refractivity (Wildman–Crippen MR) is 114 cm³/mol. The first-order valence-corrected chi connectivity index (χ1v) is 10.4. The number of ether oxygens (including phenoxy) is 1. The van der Waals surface area contributed by atoms with Crippen molar-refractivity contribution in [3.8, 4) is 11.8 Å². The number of nitriles is 1. The summed E-state index contributed by atoms with van der Waals surface area (Å²) in [6, 6.07) is 15.8. The number of methoxy groups -OCH3 is 1.